The summed E-state index contributed by atoms with van der Waals surface area (Å²) in [6.07, 6.45) is 3.46. The average molecular weight is 340 g/mol. The molecule has 0 aliphatic carbocycles. The normalized spacial score (nSPS) is 20.4. The number of fused-ring (bicyclic) bond motifs is 2. The van der Waals surface area contributed by atoms with Gasteiger partial charge in [0.15, 0.2) is 11.7 Å². The molecule has 8 heteroatoms. The first-order chi connectivity index (χ1) is 12.2. The van der Waals surface area contributed by atoms with Gasteiger partial charge in [-0.2, -0.15) is 5.10 Å². The van der Waals surface area contributed by atoms with Crippen molar-refractivity contribution >= 4 is 11.3 Å². The minimum absolute atomic E-state index is 0.307. The minimum atomic E-state index is 0.307. The van der Waals surface area contributed by atoms with E-state index in [9.17, 15) is 0 Å². The summed E-state index contributed by atoms with van der Waals surface area (Å²) < 4.78 is 13.2. The molecule has 1 atom stereocenters. The molecular weight excluding hydrogens is 320 g/mol. The number of aromatic nitrogens is 5. The predicted octanol–water partition coefficient (Wildman–Crippen LogP) is 1.80. The third-order valence-corrected chi connectivity index (χ3v) is 5.06. The summed E-state index contributed by atoms with van der Waals surface area (Å²) in [6, 6.07) is 0. The monoisotopic (exact) mass is 340 g/mol. The Morgan fingerprint density at radius 3 is 3.00 bits per heavy atom. The van der Waals surface area contributed by atoms with Crippen molar-refractivity contribution in [1.82, 2.24) is 24.6 Å². The highest BCUT2D eigenvalue weighted by Gasteiger charge is 2.29. The van der Waals surface area contributed by atoms with Crippen molar-refractivity contribution in [2.75, 3.05) is 24.7 Å². The molecule has 3 aromatic rings. The van der Waals surface area contributed by atoms with E-state index >= 15 is 0 Å². The second-order valence-electron chi connectivity index (χ2n) is 6.72. The molecule has 1 unspecified atom stereocenters. The molecule has 8 nitrogen and oxygen atoms in total. The summed E-state index contributed by atoms with van der Waals surface area (Å²) in [6.45, 7) is 6.91. The number of hydrogen-bond acceptors (Lipinski definition) is 7. The first-order valence-corrected chi connectivity index (χ1v) is 8.69. The third kappa shape index (κ3) is 2.31. The Balaban J connectivity index is 1.61. The van der Waals surface area contributed by atoms with Crippen LogP contribution in [0.3, 0.4) is 0 Å². The van der Waals surface area contributed by atoms with Crippen molar-refractivity contribution in [2.24, 2.45) is 0 Å². The zero-order chi connectivity index (χ0) is 17.0. The summed E-state index contributed by atoms with van der Waals surface area (Å²) in [5.74, 6) is 3.76. The molecule has 2 aliphatic rings. The van der Waals surface area contributed by atoms with Gasteiger partial charge in [0.25, 0.3) is 0 Å². The Labute approximate surface area is 144 Å². The van der Waals surface area contributed by atoms with Gasteiger partial charge in [-0.15, -0.1) is 0 Å². The van der Waals surface area contributed by atoms with Crippen LogP contribution >= 0.6 is 0 Å². The number of oxazole rings is 1. The summed E-state index contributed by atoms with van der Waals surface area (Å²) in [7, 11) is 0. The zero-order valence-corrected chi connectivity index (χ0v) is 14.4. The molecule has 1 saturated heterocycles. The van der Waals surface area contributed by atoms with Crippen LogP contribution in [0.4, 0.5) is 5.82 Å². The van der Waals surface area contributed by atoms with Crippen molar-refractivity contribution in [1.29, 1.82) is 0 Å². The lowest BCUT2D eigenvalue weighted by atomic mass is 10.0. The van der Waals surface area contributed by atoms with Gasteiger partial charge in [0.2, 0.25) is 0 Å². The topological polar surface area (TPSA) is 81.6 Å². The van der Waals surface area contributed by atoms with Gasteiger partial charge in [0, 0.05) is 32.4 Å². The number of imidazole rings is 1. The van der Waals surface area contributed by atoms with E-state index < -0.39 is 0 Å². The summed E-state index contributed by atoms with van der Waals surface area (Å²) in [4.78, 5) is 16.1. The number of anilines is 1. The van der Waals surface area contributed by atoms with E-state index in [0.29, 0.717) is 19.1 Å². The number of rotatable bonds is 2. The fraction of sp³-hybridized carbons (Fsp3) is 0.529. The predicted molar refractivity (Wildman–Crippen MR) is 89.7 cm³/mol. The van der Waals surface area contributed by atoms with Crippen molar-refractivity contribution in [3.63, 3.8) is 0 Å². The number of aryl methyl sites for hydroxylation is 2. The quantitative estimate of drug-likeness (QED) is 0.703. The fourth-order valence-corrected chi connectivity index (χ4v) is 3.86. The van der Waals surface area contributed by atoms with Crippen molar-refractivity contribution in [2.45, 2.75) is 39.2 Å². The lowest BCUT2D eigenvalue weighted by Crippen LogP contribution is -2.31. The highest BCUT2D eigenvalue weighted by Crippen LogP contribution is 2.34. The zero-order valence-electron chi connectivity index (χ0n) is 14.4. The second-order valence-corrected chi connectivity index (χ2v) is 6.72. The third-order valence-electron chi connectivity index (χ3n) is 5.06. The first-order valence-electron chi connectivity index (χ1n) is 8.69. The standard InChI is InChI=1S/C17H20N6O2/c1-10-20-15(12-4-6-24-8-12)16-17(18-9-19-23(10)16)22-5-3-13-14(7-22)25-11(2)21-13/h9,12H,3-8H2,1-2H3. The van der Waals surface area contributed by atoms with E-state index in [4.69, 9.17) is 14.1 Å². The Bertz CT molecular complexity index is 940. The molecule has 130 valence electrons. The molecule has 0 bridgehead atoms. The van der Waals surface area contributed by atoms with E-state index in [2.05, 4.69) is 20.0 Å². The minimum Gasteiger partial charge on any atom is -0.444 e. The van der Waals surface area contributed by atoms with Crippen LogP contribution < -0.4 is 4.90 Å². The van der Waals surface area contributed by atoms with Crippen LogP contribution in [0, 0.1) is 13.8 Å². The van der Waals surface area contributed by atoms with Crippen LogP contribution in [0.2, 0.25) is 0 Å². The SMILES string of the molecule is Cc1nc2c(o1)CN(c1ncnn3c(C)nc(C4CCOC4)c13)CC2. The van der Waals surface area contributed by atoms with E-state index in [1.165, 1.54) is 0 Å². The lowest BCUT2D eigenvalue weighted by molar-refractivity contribution is 0.193. The average Bonchev–Trinajstić information content (AvgIpc) is 3.32. The van der Waals surface area contributed by atoms with Gasteiger partial charge < -0.3 is 14.1 Å². The second kappa shape index (κ2) is 5.52. The summed E-state index contributed by atoms with van der Waals surface area (Å²) in [5.41, 5.74) is 3.10. The highest BCUT2D eigenvalue weighted by molar-refractivity contribution is 5.73. The largest absolute Gasteiger partial charge is 0.444 e. The molecule has 2 aliphatic heterocycles. The Morgan fingerprint density at radius 1 is 1.24 bits per heavy atom. The molecule has 0 radical (unpaired) electrons. The Morgan fingerprint density at radius 2 is 2.16 bits per heavy atom. The first kappa shape index (κ1) is 14.8. The Kier molecular flexibility index (Phi) is 3.27. The molecule has 5 heterocycles. The number of hydrogen-bond donors (Lipinski definition) is 0. The van der Waals surface area contributed by atoms with Crippen LogP contribution in [0.5, 0.6) is 0 Å². The molecule has 0 spiro atoms. The van der Waals surface area contributed by atoms with E-state index in [-0.39, 0.29) is 0 Å². The van der Waals surface area contributed by atoms with E-state index in [0.717, 1.165) is 66.2 Å². The maximum atomic E-state index is 5.77. The number of ether oxygens (including phenoxy) is 1. The van der Waals surface area contributed by atoms with Crippen LogP contribution in [0.15, 0.2) is 10.7 Å². The fourth-order valence-electron chi connectivity index (χ4n) is 3.86. The maximum Gasteiger partial charge on any atom is 0.191 e. The molecule has 0 aromatic carbocycles. The summed E-state index contributed by atoms with van der Waals surface area (Å²) in [5, 5.41) is 4.42. The smallest absolute Gasteiger partial charge is 0.191 e. The van der Waals surface area contributed by atoms with E-state index in [1.807, 2.05) is 18.4 Å². The van der Waals surface area contributed by atoms with Crippen LogP contribution in [0.1, 0.15) is 41.2 Å². The highest BCUT2D eigenvalue weighted by atomic mass is 16.5. The van der Waals surface area contributed by atoms with Crippen molar-refractivity contribution in [3.05, 3.63) is 35.2 Å². The molecule has 5 rings (SSSR count). The van der Waals surface area contributed by atoms with Gasteiger partial charge in [0.05, 0.1) is 24.5 Å². The molecule has 0 amide bonds. The number of nitrogens with zero attached hydrogens (tertiary/aromatic N) is 6. The molecular formula is C17H20N6O2. The lowest BCUT2D eigenvalue weighted by Gasteiger charge is -2.27. The maximum absolute atomic E-state index is 5.77. The van der Waals surface area contributed by atoms with Crippen LogP contribution in [-0.4, -0.2) is 44.3 Å². The Hall–Kier alpha value is -2.48. The van der Waals surface area contributed by atoms with Gasteiger partial charge in [-0.25, -0.2) is 19.5 Å². The van der Waals surface area contributed by atoms with Crippen molar-refractivity contribution in [3.8, 4) is 0 Å². The van der Waals surface area contributed by atoms with Gasteiger partial charge >= 0.3 is 0 Å². The van der Waals surface area contributed by atoms with Crippen LogP contribution in [0.25, 0.3) is 5.52 Å². The van der Waals surface area contributed by atoms with E-state index in [1.54, 1.807) is 6.33 Å². The molecule has 0 N–H and O–H groups in total. The molecule has 1 fully saturated rings. The van der Waals surface area contributed by atoms with Gasteiger partial charge in [-0.3, -0.25) is 0 Å². The summed E-state index contributed by atoms with van der Waals surface area (Å²) >= 11 is 0. The van der Waals surface area contributed by atoms with Gasteiger partial charge in [0.1, 0.15) is 23.4 Å². The van der Waals surface area contributed by atoms with Crippen molar-refractivity contribution < 1.29 is 9.15 Å². The van der Waals surface area contributed by atoms with Crippen LogP contribution in [-0.2, 0) is 17.7 Å². The van der Waals surface area contributed by atoms with Gasteiger partial charge in [-0.05, 0) is 13.3 Å². The molecule has 3 aromatic heterocycles. The van der Waals surface area contributed by atoms with Gasteiger partial charge in [-0.1, -0.05) is 0 Å². The molecule has 25 heavy (non-hydrogen) atoms. The molecule has 0 saturated carbocycles.